The number of nitrogens with one attached hydrogen (secondary N) is 2. The van der Waals surface area contributed by atoms with Crippen LogP contribution in [0.3, 0.4) is 0 Å². The van der Waals surface area contributed by atoms with Crippen molar-refractivity contribution in [3.8, 4) is 5.75 Å². The first-order valence-corrected chi connectivity index (χ1v) is 11.1. The quantitative estimate of drug-likeness (QED) is 0.421. The molecule has 168 valence electrons. The second kappa shape index (κ2) is 9.13. The third-order valence-corrected chi connectivity index (χ3v) is 5.83. The van der Waals surface area contributed by atoms with Crippen LogP contribution in [0.5, 0.6) is 5.75 Å². The lowest BCUT2D eigenvalue weighted by Gasteiger charge is -2.09. The van der Waals surface area contributed by atoms with E-state index in [0.717, 1.165) is 6.07 Å². The molecular weight excluding hydrogens is 449 g/mol. The Balaban J connectivity index is 1.82. The van der Waals surface area contributed by atoms with Crippen LogP contribution in [-0.4, -0.2) is 21.4 Å². The molecule has 1 heterocycles. The van der Waals surface area contributed by atoms with Gasteiger partial charge >= 0.3 is 0 Å². The van der Waals surface area contributed by atoms with Gasteiger partial charge in [-0.1, -0.05) is 36.4 Å². The molecule has 3 aromatic carbocycles. The minimum atomic E-state index is -4.02. The largest absolute Gasteiger partial charge is 0.493 e. The van der Waals surface area contributed by atoms with Crippen LogP contribution in [0, 0.1) is 5.82 Å². The summed E-state index contributed by atoms with van der Waals surface area (Å²) in [5.41, 5.74) is 0.0951. The lowest BCUT2D eigenvalue weighted by Crippen LogP contribution is -2.27. The highest BCUT2D eigenvalue weighted by Gasteiger charge is 2.17. The number of anilines is 1. The molecule has 0 saturated heterocycles. The molecule has 0 radical (unpaired) electrons. The molecule has 10 heteroatoms. The van der Waals surface area contributed by atoms with Crippen LogP contribution in [0.25, 0.3) is 11.0 Å². The number of amides is 1. The van der Waals surface area contributed by atoms with Crippen LogP contribution in [0.15, 0.2) is 93.3 Å². The molecule has 0 saturated carbocycles. The number of benzene rings is 3. The highest BCUT2D eigenvalue weighted by molar-refractivity contribution is 7.89. The summed E-state index contributed by atoms with van der Waals surface area (Å²) in [6.45, 7) is 0. The van der Waals surface area contributed by atoms with E-state index in [4.69, 9.17) is 9.15 Å². The number of rotatable bonds is 6. The van der Waals surface area contributed by atoms with Gasteiger partial charge in [-0.2, -0.15) is 13.2 Å². The van der Waals surface area contributed by atoms with Crippen LogP contribution in [0.4, 0.5) is 10.1 Å². The number of methoxy groups -OCH3 is 1. The van der Waals surface area contributed by atoms with Gasteiger partial charge in [-0.3, -0.25) is 4.79 Å². The summed E-state index contributed by atoms with van der Waals surface area (Å²) in [5, 5.41) is 6.94. The van der Waals surface area contributed by atoms with Gasteiger partial charge in [0.05, 0.1) is 12.0 Å². The second-order valence-corrected chi connectivity index (χ2v) is 8.49. The molecule has 0 spiro atoms. The van der Waals surface area contributed by atoms with Crippen LogP contribution < -0.4 is 20.4 Å². The van der Waals surface area contributed by atoms with Gasteiger partial charge in [-0.15, -0.1) is 5.10 Å². The number of hydrogen-bond acceptors (Lipinski definition) is 6. The fraction of sp³-hybridized carbons (Fsp3) is 0.0435. The van der Waals surface area contributed by atoms with Crippen molar-refractivity contribution in [3.63, 3.8) is 0 Å². The zero-order chi connectivity index (χ0) is 23.4. The molecule has 1 aromatic heterocycles. The molecular formula is C23H18FN3O5S. The van der Waals surface area contributed by atoms with Gasteiger partial charge in [-0.05, 0) is 42.5 Å². The van der Waals surface area contributed by atoms with Gasteiger partial charge in [0.25, 0.3) is 15.9 Å². The number of halogens is 1. The molecule has 0 atom stereocenters. The lowest BCUT2D eigenvalue weighted by atomic mass is 10.1. The van der Waals surface area contributed by atoms with Crippen molar-refractivity contribution in [2.24, 2.45) is 5.10 Å². The lowest BCUT2D eigenvalue weighted by molar-refractivity contribution is 0.102. The van der Waals surface area contributed by atoms with Gasteiger partial charge in [0.2, 0.25) is 5.55 Å². The number of sulfonamides is 1. The average molecular weight is 467 g/mol. The molecule has 4 aromatic rings. The van der Waals surface area contributed by atoms with Crippen molar-refractivity contribution in [2.75, 3.05) is 12.4 Å². The second-order valence-electron chi connectivity index (χ2n) is 6.83. The minimum absolute atomic E-state index is 0.0158. The molecule has 0 bridgehead atoms. The Morgan fingerprint density at radius 3 is 2.48 bits per heavy atom. The predicted octanol–water partition coefficient (Wildman–Crippen LogP) is 3.63. The molecule has 0 unspecified atom stereocenters. The Kier molecular flexibility index (Phi) is 6.09. The maximum absolute atomic E-state index is 13.5. The Morgan fingerprint density at radius 1 is 1.00 bits per heavy atom. The Bertz CT molecular complexity index is 1500. The van der Waals surface area contributed by atoms with E-state index in [1.54, 1.807) is 36.4 Å². The first kappa shape index (κ1) is 22.0. The Morgan fingerprint density at radius 2 is 1.76 bits per heavy atom. The van der Waals surface area contributed by atoms with Gasteiger partial charge in [0, 0.05) is 11.1 Å². The van der Waals surface area contributed by atoms with E-state index in [1.165, 1.54) is 43.5 Å². The van der Waals surface area contributed by atoms with Crippen LogP contribution in [-0.2, 0) is 10.0 Å². The van der Waals surface area contributed by atoms with Crippen LogP contribution >= 0.6 is 0 Å². The zero-order valence-corrected chi connectivity index (χ0v) is 18.1. The molecule has 2 N–H and O–H groups in total. The average Bonchev–Trinajstić information content (AvgIpc) is 2.82. The standard InChI is InChI=1S/C23H18FN3O5S/c1-31-20-12-5-7-15-13-19(22(28)25-17-9-6-8-16(24)14-17)23(32-21(15)20)26-27-33(29,30)18-10-3-2-4-11-18/h2-14,27H,1H3,(H,25,28)/b26-23-. The van der Waals surface area contributed by atoms with E-state index >= 15 is 0 Å². The van der Waals surface area contributed by atoms with Crippen LogP contribution in [0.2, 0.25) is 0 Å². The Labute approximate surface area is 188 Å². The highest BCUT2D eigenvalue weighted by Crippen LogP contribution is 2.25. The van der Waals surface area contributed by atoms with E-state index in [-0.39, 0.29) is 27.3 Å². The molecule has 0 aliphatic carbocycles. The van der Waals surface area contributed by atoms with Gasteiger partial charge < -0.3 is 14.5 Å². The molecule has 0 aliphatic heterocycles. The fourth-order valence-corrected chi connectivity index (χ4v) is 3.87. The monoisotopic (exact) mass is 467 g/mol. The number of carbonyl (C=O) groups excluding carboxylic acids is 1. The number of para-hydroxylation sites is 1. The van der Waals surface area contributed by atoms with E-state index in [1.807, 2.05) is 0 Å². The van der Waals surface area contributed by atoms with Gasteiger partial charge in [-0.25, -0.2) is 4.39 Å². The summed E-state index contributed by atoms with van der Waals surface area (Å²) in [6.07, 6.45) is 0. The third kappa shape index (κ3) is 4.85. The fourth-order valence-electron chi connectivity index (χ4n) is 3.05. The number of hydrogen-bond donors (Lipinski definition) is 2. The molecule has 0 fully saturated rings. The van der Waals surface area contributed by atoms with Crippen LogP contribution in [0.1, 0.15) is 10.4 Å². The normalized spacial score (nSPS) is 11.9. The SMILES string of the molecule is COc1cccc2cc(C(=O)Nc3cccc(F)c3)/c(=N/NS(=O)(=O)c3ccccc3)oc12. The first-order chi connectivity index (χ1) is 15.9. The first-order valence-electron chi connectivity index (χ1n) is 9.66. The minimum Gasteiger partial charge on any atom is -0.493 e. The maximum Gasteiger partial charge on any atom is 0.276 e. The molecule has 8 nitrogen and oxygen atoms in total. The van der Waals surface area contributed by atoms with E-state index in [0.29, 0.717) is 11.1 Å². The van der Waals surface area contributed by atoms with E-state index < -0.39 is 21.7 Å². The predicted molar refractivity (Wildman–Crippen MR) is 119 cm³/mol. The van der Waals surface area contributed by atoms with Crippen molar-refractivity contribution in [1.29, 1.82) is 0 Å². The Hall–Kier alpha value is -4.18. The van der Waals surface area contributed by atoms with Crippen molar-refractivity contribution in [2.45, 2.75) is 4.90 Å². The number of fused-ring (bicyclic) bond motifs is 1. The van der Waals surface area contributed by atoms with Gasteiger partial charge in [0.1, 0.15) is 11.4 Å². The third-order valence-electron chi connectivity index (χ3n) is 4.61. The number of nitrogens with zero attached hydrogens (tertiary/aromatic N) is 1. The highest BCUT2D eigenvalue weighted by atomic mass is 32.2. The maximum atomic E-state index is 13.5. The summed E-state index contributed by atoms with van der Waals surface area (Å²) in [5.74, 6) is -0.833. The van der Waals surface area contributed by atoms with E-state index in [9.17, 15) is 17.6 Å². The molecule has 0 aliphatic rings. The van der Waals surface area contributed by atoms with Crippen molar-refractivity contribution in [1.82, 2.24) is 4.83 Å². The topological polar surface area (TPSA) is 110 Å². The molecule has 1 amide bonds. The summed E-state index contributed by atoms with van der Waals surface area (Å²) in [6, 6.07) is 19.5. The van der Waals surface area contributed by atoms with Gasteiger partial charge in [0.15, 0.2) is 11.3 Å². The molecule has 33 heavy (non-hydrogen) atoms. The van der Waals surface area contributed by atoms with Crippen molar-refractivity contribution < 1.29 is 26.8 Å². The summed E-state index contributed by atoms with van der Waals surface area (Å²) in [4.78, 5) is 15.0. The smallest absolute Gasteiger partial charge is 0.276 e. The number of carbonyl (C=O) groups is 1. The molecule has 4 rings (SSSR count). The van der Waals surface area contributed by atoms with Crippen molar-refractivity contribution >= 4 is 32.6 Å². The van der Waals surface area contributed by atoms with E-state index in [2.05, 4.69) is 15.2 Å². The van der Waals surface area contributed by atoms with Crippen molar-refractivity contribution in [3.05, 3.63) is 95.8 Å². The number of ether oxygens (including phenoxy) is 1. The summed E-state index contributed by atoms with van der Waals surface area (Å²) >= 11 is 0. The summed E-state index contributed by atoms with van der Waals surface area (Å²) < 4.78 is 49.8. The summed E-state index contributed by atoms with van der Waals surface area (Å²) in [7, 11) is -2.58. The zero-order valence-electron chi connectivity index (χ0n) is 17.3.